The number of anilines is 1. The molecule has 3 rings (SSSR count). The van der Waals surface area contributed by atoms with Gasteiger partial charge in [0.05, 0.1) is 0 Å². The second-order valence-electron chi connectivity index (χ2n) is 5.38. The summed E-state index contributed by atoms with van der Waals surface area (Å²) in [6.07, 6.45) is 0. The molecule has 6 heteroatoms. The Bertz CT molecular complexity index is 1050. The van der Waals surface area contributed by atoms with Crippen LogP contribution in [0.2, 0.25) is 0 Å². The maximum absolute atomic E-state index is 12.6. The molecule has 0 fully saturated rings. The predicted molar refractivity (Wildman–Crippen MR) is 108 cm³/mol. The summed E-state index contributed by atoms with van der Waals surface area (Å²) in [6, 6.07) is 23.9. The second-order valence-corrected chi connectivity index (χ2v) is 7.16. The van der Waals surface area contributed by atoms with Gasteiger partial charge in [-0.1, -0.05) is 0 Å². The molecule has 0 saturated heterocycles. The molecule has 3 aromatic carbocycles. The van der Waals surface area contributed by atoms with Crippen molar-refractivity contribution in [2.75, 3.05) is 5.32 Å². The van der Waals surface area contributed by atoms with Gasteiger partial charge in [-0.15, -0.1) is 0 Å². The standard InChI is InChI=1S/C21H14N4OSe/c22-25-24-18-12-10-17(11-13-18)23-21(26)19-8-4-5-9-20(19)27-15-14-16-6-2-1-3-7-16/h1-13H,(H,23,26). The van der Waals surface area contributed by atoms with Gasteiger partial charge in [0.25, 0.3) is 0 Å². The third kappa shape index (κ3) is 5.24. The van der Waals surface area contributed by atoms with E-state index in [0.717, 1.165) is 10.0 Å². The number of carbonyl (C=O) groups excluding carboxylic acids is 1. The fourth-order valence-corrected chi connectivity index (χ4v) is 3.73. The van der Waals surface area contributed by atoms with Crippen LogP contribution >= 0.6 is 0 Å². The molecule has 0 aliphatic heterocycles. The Morgan fingerprint density at radius 3 is 2.41 bits per heavy atom. The van der Waals surface area contributed by atoms with Crippen LogP contribution in [0.15, 0.2) is 84.0 Å². The first-order valence-electron chi connectivity index (χ1n) is 8.05. The van der Waals surface area contributed by atoms with Gasteiger partial charge in [0, 0.05) is 0 Å². The number of nitrogens with one attached hydrogen (secondary N) is 1. The van der Waals surface area contributed by atoms with Crippen molar-refractivity contribution in [1.82, 2.24) is 0 Å². The number of carbonyl (C=O) groups is 1. The maximum atomic E-state index is 12.6. The fraction of sp³-hybridized carbons (Fsp3) is 0. The van der Waals surface area contributed by atoms with Crippen molar-refractivity contribution in [3.05, 3.63) is 100 Å². The molecule has 0 radical (unpaired) electrons. The predicted octanol–water partition coefficient (Wildman–Crippen LogP) is 4.22. The zero-order valence-corrected chi connectivity index (χ0v) is 15.9. The molecule has 1 amide bonds. The van der Waals surface area contributed by atoms with Gasteiger partial charge in [-0.2, -0.15) is 0 Å². The quantitative estimate of drug-likeness (QED) is 0.223. The SMILES string of the molecule is [N-]=[N+]=Nc1ccc(NC(=O)c2ccccc2[Se]C#Cc2ccccc2)cc1. The van der Waals surface area contributed by atoms with Crippen molar-refractivity contribution in [2.45, 2.75) is 0 Å². The van der Waals surface area contributed by atoms with E-state index in [4.69, 9.17) is 5.53 Å². The van der Waals surface area contributed by atoms with Crippen LogP contribution in [0.3, 0.4) is 0 Å². The normalized spacial score (nSPS) is 9.48. The van der Waals surface area contributed by atoms with E-state index in [0.29, 0.717) is 16.9 Å². The fourth-order valence-electron chi connectivity index (χ4n) is 2.27. The molecule has 0 saturated carbocycles. The molecule has 0 aromatic heterocycles. The van der Waals surface area contributed by atoms with Crippen LogP contribution in [0.25, 0.3) is 10.4 Å². The average Bonchev–Trinajstić information content (AvgIpc) is 2.71. The Balaban J connectivity index is 1.73. The van der Waals surface area contributed by atoms with E-state index in [9.17, 15) is 4.79 Å². The zero-order valence-electron chi connectivity index (χ0n) is 14.2. The number of nitrogens with zero attached hydrogens (tertiary/aromatic N) is 3. The Hall–Kier alpha value is -3.48. The summed E-state index contributed by atoms with van der Waals surface area (Å²) in [4.78, 5) is 18.6. The first-order chi connectivity index (χ1) is 13.3. The summed E-state index contributed by atoms with van der Waals surface area (Å²) in [7, 11) is 0. The molecule has 27 heavy (non-hydrogen) atoms. The summed E-state index contributed by atoms with van der Waals surface area (Å²) in [5.41, 5.74) is 11.1. The number of hydrogen-bond acceptors (Lipinski definition) is 2. The Morgan fingerprint density at radius 2 is 1.67 bits per heavy atom. The van der Waals surface area contributed by atoms with E-state index in [1.54, 1.807) is 30.3 Å². The Morgan fingerprint density at radius 1 is 0.963 bits per heavy atom. The first-order valence-corrected chi connectivity index (χ1v) is 9.76. The topological polar surface area (TPSA) is 77.9 Å². The number of rotatable bonds is 4. The van der Waals surface area contributed by atoms with Gasteiger partial charge >= 0.3 is 163 Å². The van der Waals surface area contributed by atoms with E-state index >= 15 is 0 Å². The molecule has 0 heterocycles. The van der Waals surface area contributed by atoms with Gasteiger partial charge < -0.3 is 0 Å². The summed E-state index contributed by atoms with van der Waals surface area (Å²) >= 11 is -0.144. The molecule has 0 atom stereocenters. The summed E-state index contributed by atoms with van der Waals surface area (Å²) in [5.74, 6) is 2.94. The van der Waals surface area contributed by atoms with E-state index in [1.807, 2.05) is 48.5 Å². The van der Waals surface area contributed by atoms with Crippen molar-refractivity contribution in [1.29, 1.82) is 0 Å². The molecule has 0 spiro atoms. The molecule has 0 aliphatic carbocycles. The van der Waals surface area contributed by atoms with E-state index in [-0.39, 0.29) is 20.9 Å². The monoisotopic (exact) mass is 418 g/mol. The van der Waals surface area contributed by atoms with Crippen LogP contribution in [0.1, 0.15) is 15.9 Å². The van der Waals surface area contributed by atoms with E-state index in [2.05, 4.69) is 26.1 Å². The molecule has 0 unspecified atom stereocenters. The van der Waals surface area contributed by atoms with Crippen LogP contribution in [0.5, 0.6) is 0 Å². The zero-order chi connectivity index (χ0) is 18.9. The summed E-state index contributed by atoms with van der Waals surface area (Å²) in [5, 5.41) is 6.38. The number of azide groups is 1. The molecule has 1 N–H and O–H groups in total. The van der Waals surface area contributed by atoms with Crippen LogP contribution in [0, 0.1) is 10.7 Å². The minimum absolute atomic E-state index is 0.144. The van der Waals surface area contributed by atoms with Gasteiger partial charge in [-0.25, -0.2) is 0 Å². The van der Waals surface area contributed by atoms with Crippen LogP contribution in [-0.2, 0) is 0 Å². The van der Waals surface area contributed by atoms with Crippen LogP contribution < -0.4 is 9.78 Å². The first kappa shape index (κ1) is 18.3. The minimum atomic E-state index is -0.189. The third-order valence-corrected chi connectivity index (χ3v) is 5.18. The second kappa shape index (κ2) is 9.28. The van der Waals surface area contributed by atoms with Gasteiger partial charge in [0.2, 0.25) is 0 Å². The molecular formula is C21H14N4OSe. The molecule has 5 nitrogen and oxygen atoms in total. The Kier molecular flexibility index (Phi) is 6.30. The van der Waals surface area contributed by atoms with Gasteiger partial charge in [-0.3, -0.25) is 0 Å². The molecule has 130 valence electrons. The summed E-state index contributed by atoms with van der Waals surface area (Å²) in [6.45, 7) is 0. The third-order valence-electron chi connectivity index (χ3n) is 3.55. The van der Waals surface area contributed by atoms with E-state index < -0.39 is 0 Å². The van der Waals surface area contributed by atoms with Crippen LogP contribution in [0.4, 0.5) is 11.4 Å². The van der Waals surface area contributed by atoms with Crippen molar-refractivity contribution in [2.24, 2.45) is 5.11 Å². The average molecular weight is 417 g/mol. The van der Waals surface area contributed by atoms with Gasteiger partial charge in [0.15, 0.2) is 0 Å². The van der Waals surface area contributed by atoms with Crippen molar-refractivity contribution in [3.8, 4) is 10.7 Å². The number of amides is 1. The van der Waals surface area contributed by atoms with Crippen molar-refractivity contribution >= 4 is 36.7 Å². The molecule has 0 aliphatic rings. The molecule has 0 bridgehead atoms. The summed E-state index contributed by atoms with van der Waals surface area (Å²) < 4.78 is 0.927. The van der Waals surface area contributed by atoms with Crippen LogP contribution in [-0.4, -0.2) is 20.9 Å². The van der Waals surface area contributed by atoms with Crippen molar-refractivity contribution in [3.63, 3.8) is 0 Å². The number of benzene rings is 3. The van der Waals surface area contributed by atoms with Gasteiger partial charge in [0.1, 0.15) is 0 Å². The van der Waals surface area contributed by atoms with E-state index in [1.165, 1.54) is 0 Å². The number of hydrogen-bond donors (Lipinski definition) is 1. The molecular weight excluding hydrogens is 403 g/mol. The van der Waals surface area contributed by atoms with Crippen molar-refractivity contribution < 1.29 is 4.79 Å². The van der Waals surface area contributed by atoms with Gasteiger partial charge in [-0.05, 0) is 0 Å². The Labute approximate surface area is 163 Å². The molecule has 3 aromatic rings.